The van der Waals surface area contributed by atoms with Crippen LogP contribution < -0.4 is 11.1 Å². The maximum atomic E-state index is 5.95. The van der Waals surface area contributed by atoms with Gasteiger partial charge in [0.05, 0.1) is 0 Å². The molecule has 0 spiro atoms. The lowest BCUT2D eigenvalue weighted by molar-refractivity contribution is 0.199. The van der Waals surface area contributed by atoms with Crippen LogP contribution in [-0.4, -0.2) is 40.1 Å². The van der Waals surface area contributed by atoms with Crippen molar-refractivity contribution in [1.29, 1.82) is 0 Å². The first kappa shape index (κ1) is 16.4. The summed E-state index contributed by atoms with van der Waals surface area (Å²) >= 11 is 0. The van der Waals surface area contributed by atoms with E-state index in [1.165, 1.54) is 5.56 Å². The molecule has 1 aromatic heterocycles. The molecule has 0 unspecified atom stereocenters. The SMILES string of the molecule is Cc1noc(CN=C(N)NC2CCN(Cc3ccccc3)CC2)n1. The van der Waals surface area contributed by atoms with E-state index in [1.807, 2.05) is 0 Å². The van der Waals surface area contributed by atoms with E-state index in [2.05, 4.69) is 55.7 Å². The number of benzene rings is 1. The van der Waals surface area contributed by atoms with Crippen LogP contribution in [0.15, 0.2) is 39.8 Å². The minimum atomic E-state index is 0.312. The Bertz CT molecular complexity index is 661. The summed E-state index contributed by atoms with van der Waals surface area (Å²) in [6.45, 7) is 5.22. The van der Waals surface area contributed by atoms with Crippen LogP contribution in [-0.2, 0) is 13.1 Å². The molecule has 2 aromatic rings. The highest BCUT2D eigenvalue weighted by molar-refractivity contribution is 5.78. The maximum absolute atomic E-state index is 5.95. The molecule has 0 amide bonds. The third kappa shape index (κ3) is 4.79. The second-order valence-electron chi connectivity index (χ2n) is 6.12. The van der Waals surface area contributed by atoms with Crippen LogP contribution in [0.1, 0.15) is 30.1 Å². The van der Waals surface area contributed by atoms with Gasteiger partial charge in [-0.2, -0.15) is 4.98 Å². The zero-order valence-electron chi connectivity index (χ0n) is 14.0. The highest BCUT2D eigenvalue weighted by Gasteiger charge is 2.19. The standard InChI is InChI=1S/C17H24N6O/c1-13-20-16(24-22-13)11-19-17(18)21-15-7-9-23(10-8-15)12-14-5-3-2-4-6-14/h2-6,15H,7-12H2,1H3,(H3,18,19,21). The third-order valence-corrected chi connectivity index (χ3v) is 4.14. The van der Waals surface area contributed by atoms with E-state index in [9.17, 15) is 0 Å². The fourth-order valence-corrected chi connectivity index (χ4v) is 2.89. The van der Waals surface area contributed by atoms with Crippen LogP contribution in [0.4, 0.5) is 0 Å². The predicted molar refractivity (Wildman–Crippen MR) is 92.2 cm³/mol. The number of rotatable bonds is 5. The van der Waals surface area contributed by atoms with Gasteiger partial charge >= 0.3 is 0 Å². The highest BCUT2D eigenvalue weighted by Crippen LogP contribution is 2.13. The number of hydrogen-bond donors (Lipinski definition) is 2. The third-order valence-electron chi connectivity index (χ3n) is 4.14. The number of nitrogens with zero attached hydrogens (tertiary/aromatic N) is 4. The van der Waals surface area contributed by atoms with Crippen molar-refractivity contribution >= 4 is 5.96 Å². The van der Waals surface area contributed by atoms with E-state index in [0.717, 1.165) is 32.5 Å². The Morgan fingerprint density at radius 1 is 1.33 bits per heavy atom. The first-order valence-electron chi connectivity index (χ1n) is 8.31. The number of hydrogen-bond acceptors (Lipinski definition) is 5. The summed E-state index contributed by atoms with van der Waals surface area (Å²) in [6, 6.07) is 10.9. The lowest BCUT2D eigenvalue weighted by atomic mass is 10.0. The van der Waals surface area contributed by atoms with Crippen molar-refractivity contribution in [2.24, 2.45) is 10.7 Å². The Morgan fingerprint density at radius 3 is 2.75 bits per heavy atom. The summed E-state index contributed by atoms with van der Waals surface area (Å²) in [6.07, 6.45) is 2.12. The highest BCUT2D eigenvalue weighted by atomic mass is 16.5. The van der Waals surface area contributed by atoms with Crippen LogP contribution in [0.5, 0.6) is 0 Å². The fourth-order valence-electron chi connectivity index (χ4n) is 2.89. The van der Waals surface area contributed by atoms with Gasteiger partial charge in [-0.1, -0.05) is 35.5 Å². The normalized spacial score (nSPS) is 17.1. The minimum absolute atomic E-state index is 0.312. The molecule has 0 radical (unpaired) electrons. The van der Waals surface area contributed by atoms with Gasteiger partial charge in [-0.25, -0.2) is 4.99 Å². The maximum Gasteiger partial charge on any atom is 0.248 e. The van der Waals surface area contributed by atoms with Gasteiger partial charge in [0.1, 0.15) is 6.54 Å². The average molecular weight is 328 g/mol. The first-order chi connectivity index (χ1) is 11.7. The molecule has 0 atom stereocenters. The first-order valence-corrected chi connectivity index (χ1v) is 8.31. The Kier molecular flexibility index (Phi) is 5.43. The molecule has 1 fully saturated rings. The molecular formula is C17H24N6O. The molecule has 0 saturated carbocycles. The zero-order valence-corrected chi connectivity index (χ0v) is 14.0. The number of nitrogens with one attached hydrogen (secondary N) is 1. The van der Waals surface area contributed by atoms with Gasteiger partial charge in [0, 0.05) is 25.7 Å². The smallest absolute Gasteiger partial charge is 0.248 e. The molecular weight excluding hydrogens is 304 g/mol. The van der Waals surface area contributed by atoms with E-state index < -0.39 is 0 Å². The fraction of sp³-hybridized carbons (Fsp3) is 0.471. The van der Waals surface area contributed by atoms with Gasteiger partial charge < -0.3 is 15.6 Å². The summed E-state index contributed by atoms with van der Waals surface area (Å²) in [5.74, 6) is 1.53. The van der Waals surface area contributed by atoms with Gasteiger partial charge in [-0.3, -0.25) is 4.90 Å². The predicted octanol–water partition coefficient (Wildman–Crippen LogP) is 1.45. The Morgan fingerprint density at radius 2 is 2.08 bits per heavy atom. The summed E-state index contributed by atoms with van der Waals surface area (Å²) in [4.78, 5) is 10.8. The zero-order chi connectivity index (χ0) is 16.8. The van der Waals surface area contributed by atoms with Crippen molar-refractivity contribution in [3.63, 3.8) is 0 Å². The van der Waals surface area contributed by atoms with Gasteiger partial charge in [-0.15, -0.1) is 0 Å². The summed E-state index contributed by atoms with van der Waals surface area (Å²) in [7, 11) is 0. The topological polar surface area (TPSA) is 92.6 Å². The van der Waals surface area contributed by atoms with Crippen molar-refractivity contribution in [3.8, 4) is 0 Å². The quantitative estimate of drug-likeness (QED) is 0.637. The number of aliphatic imine (C=N–C) groups is 1. The van der Waals surface area contributed by atoms with E-state index in [1.54, 1.807) is 6.92 Å². The van der Waals surface area contributed by atoms with Crippen LogP contribution in [0.2, 0.25) is 0 Å². The molecule has 7 heteroatoms. The molecule has 1 saturated heterocycles. The Labute approximate surface area is 141 Å². The van der Waals surface area contributed by atoms with Gasteiger partial charge in [0.15, 0.2) is 11.8 Å². The number of nitrogens with two attached hydrogens (primary N) is 1. The number of aromatic nitrogens is 2. The van der Waals surface area contributed by atoms with Gasteiger partial charge in [-0.05, 0) is 25.3 Å². The largest absolute Gasteiger partial charge is 0.370 e. The van der Waals surface area contributed by atoms with E-state index >= 15 is 0 Å². The van der Waals surface area contributed by atoms with Crippen molar-refractivity contribution in [2.75, 3.05) is 13.1 Å². The molecule has 2 heterocycles. The molecule has 3 N–H and O–H groups in total. The molecule has 24 heavy (non-hydrogen) atoms. The van der Waals surface area contributed by atoms with Crippen molar-refractivity contribution in [3.05, 3.63) is 47.6 Å². The van der Waals surface area contributed by atoms with E-state index in [-0.39, 0.29) is 0 Å². The monoisotopic (exact) mass is 328 g/mol. The molecule has 7 nitrogen and oxygen atoms in total. The molecule has 0 bridgehead atoms. The van der Waals surface area contributed by atoms with Crippen LogP contribution in [0.25, 0.3) is 0 Å². The summed E-state index contributed by atoms with van der Waals surface area (Å²) < 4.78 is 5.02. The number of guanidine groups is 1. The summed E-state index contributed by atoms with van der Waals surface area (Å²) in [5.41, 5.74) is 7.31. The van der Waals surface area contributed by atoms with Crippen LogP contribution in [0, 0.1) is 6.92 Å². The molecule has 1 aliphatic heterocycles. The molecule has 3 rings (SSSR count). The lowest BCUT2D eigenvalue weighted by Crippen LogP contribution is -2.46. The van der Waals surface area contributed by atoms with Crippen molar-refractivity contribution < 1.29 is 4.52 Å². The molecule has 1 aliphatic rings. The van der Waals surface area contributed by atoms with Crippen molar-refractivity contribution in [2.45, 2.75) is 38.9 Å². The molecule has 128 valence electrons. The lowest BCUT2D eigenvalue weighted by Gasteiger charge is -2.32. The molecule has 0 aliphatic carbocycles. The van der Waals surface area contributed by atoms with Gasteiger partial charge in [0.25, 0.3) is 0 Å². The average Bonchev–Trinajstić information content (AvgIpc) is 3.01. The van der Waals surface area contributed by atoms with Crippen LogP contribution >= 0.6 is 0 Å². The second-order valence-corrected chi connectivity index (χ2v) is 6.12. The number of aryl methyl sites for hydroxylation is 1. The van der Waals surface area contributed by atoms with E-state index in [4.69, 9.17) is 10.3 Å². The Hall–Kier alpha value is -2.41. The minimum Gasteiger partial charge on any atom is -0.370 e. The number of likely N-dealkylation sites (tertiary alicyclic amines) is 1. The second kappa shape index (κ2) is 7.92. The number of piperidine rings is 1. The van der Waals surface area contributed by atoms with E-state index in [0.29, 0.717) is 30.3 Å². The van der Waals surface area contributed by atoms with Crippen molar-refractivity contribution in [1.82, 2.24) is 20.4 Å². The van der Waals surface area contributed by atoms with Gasteiger partial charge in [0.2, 0.25) is 5.89 Å². The Balaban J connectivity index is 1.41. The molecule has 1 aromatic carbocycles. The van der Waals surface area contributed by atoms with Crippen LogP contribution in [0.3, 0.4) is 0 Å². The summed E-state index contributed by atoms with van der Waals surface area (Å²) in [5, 5.41) is 7.02.